The molecule has 0 saturated carbocycles. The maximum Gasteiger partial charge on any atom is 0.0540 e. The van der Waals surface area contributed by atoms with E-state index in [1.807, 2.05) is 6.92 Å². The molecular weight excluding hydrogens is 160 g/mol. The van der Waals surface area contributed by atoms with E-state index in [0.717, 1.165) is 0 Å². The molecule has 0 saturated heterocycles. The lowest BCUT2D eigenvalue weighted by Gasteiger charge is -2.36. The second-order valence-electron chi connectivity index (χ2n) is 5.61. The van der Waals surface area contributed by atoms with Crippen LogP contribution in [0.1, 0.15) is 48.5 Å². The zero-order chi connectivity index (χ0) is 10.8. The summed E-state index contributed by atoms with van der Waals surface area (Å²) < 4.78 is 0. The van der Waals surface area contributed by atoms with Crippen LogP contribution in [-0.2, 0) is 0 Å². The Hall–Kier alpha value is -0.0400. The minimum absolute atomic E-state index is 0.195. The van der Waals surface area contributed by atoms with Crippen molar-refractivity contribution < 1.29 is 5.11 Å². The summed E-state index contributed by atoms with van der Waals surface area (Å²) in [6, 6.07) is 0. The van der Waals surface area contributed by atoms with E-state index >= 15 is 0 Å². The van der Waals surface area contributed by atoms with Crippen molar-refractivity contribution in [1.29, 1.82) is 0 Å². The smallest absolute Gasteiger partial charge is 0.0540 e. The van der Waals surface area contributed by atoms with Crippen LogP contribution in [0.15, 0.2) is 0 Å². The quantitative estimate of drug-likeness (QED) is 0.717. The first-order valence-corrected chi connectivity index (χ1v) is 5.36. The van der Waals surface area contributed by atoms with Crippen molar-refractivity contribution in [2.75, 3.05) is 0 Å². The Morgan fingerprint density at radius 1 is 0.846 bits per heavy atom. The van der Waals surface area contributed by atoms with E-state index in [-0.39, 0.29) is 6.10 Å². The number of hydrogen-bond donors (Lipinski definition) is 1. The topological polar surface area (TPSA) is 20.2 Å². The normalized spacial score (nSPS) is 22.2. The number of aliphatic hydroxyl groups is 1. The lowest BCUT2D eigenvalue weighted by atomic mass is 9.70. The fourth-order valence-electron chi connectivity index (χ4n) is 1.68. The Morgan fingerprint density at radius 2 is 1.23 bits per heavy atom. The molecule has 4 atom stereocenters. The van der Waals surface area contributed by atoms with E-state index in [1.165, 1.54) is 0 Å². The summed E-state index contributed by atoms with van der Waals surface area (Å²) in [5.74, 6) is 1.59. The largest absolute Gasteiger partial charge is 0.393 e. The first kappa shape index (κ1) is 13.0. The molecule has 0 aliphatic rings. The van der Waals surface area contributed by atoms with Crippen molar-refractivity contribution in [3.05, 3.63) is 0 Å². The highest BCUT2D eigenvalue weighted by atomic mass is 16.3. The van der Waals surface area contributed by atoms with Crippen LogP contribution in [0.5, 0.6) is 0 Å². The molecule has 80 valence electrons. The van der Waals surface area contributed by atoms with Gasteiger partial charge in [-0.05, 0) is 30.1 Å². The summed E-state index contributed by atoms with van der Waals surface area (Å²) in [5.41, 5.74) is 0.336. The van der Waals surface area contributed by atoms with E-state index in [2.05, 4.69) is 41.5 Å². The summed E-state index contributed by atoms with van der Waals surface area (Å²) in [6.45, 7) is 15.3. The van der Waals surface area contributed by atoms with Gasteiger partial charge in [-0.3, -0.25) is 0 Å². The minimum Gasteiger partial charge on any atom is -0.393 e. The molecule has 0 bridgehead atoms. The molecule has 0 fully saturated rings. The van der Waals surface area contributed by atoms with Gasteiger partial charge in [-0.15, -0.1) is 0 Å². The van der Waals surface area contributed by atoms with Gasteiger partial charge in [0, 0.05) is 0 Å². The molecule has 0 aromatic rings. The van der Waals surface area contributed by atoms with E-state index in [9.17, 15) is 5.11 Å². The van der Waals surface area contributed by atoms with Gasteiger partial charge >= 0.3 is 0 Å². The summed E-state index contributed by atoms with van der Waals surface area (Å²) in [4.78, 5) is 0. The molecular formula is C12H26O. The number of hydrogen-bond acceptors (Lipinski definition) is 1. The fraction of sp³-hybridized carbons (Fsp3) is 1.00. The van der Waals surface area contributed by atoms with Crippen LogP contribution >= 0.6 is 0 Å². The van der Waals surface area contributed by atoms with Gasteiger partial charge in [0.25, 0.3) is 0 Å². The molecule has 1 nitrogen and oxygen atoms in total. The molecule has 0 aromatic carbocycles. The van der Waals surface area contributed by atoms with E-state index in [4.69, 9.17) is 0 Å². The summed E-state index contributed by atoms with van der Waals surface area (Å²) in [7, 11) is 0. The average molecular weight is 186 g/mol. The molecule has 0 unspecified atom stereocenters. The molecule has 1 N–H and O–H groups in total. The monoisotopic (exact) mass is 186 g/mol. The highest BCUT2D eigenvalue weighted by Crippen LogP contribution is 2.36. The Bertz CT molecular complexity index is 144. The van der Waals surface area contributed by atoms with Crippen LogP contribution in [0.3, 0.4) is 0 Å². The Kier molecular flexibility index (Phi) is 4.44. The first-order chi connectivity index (χ1) is 5.68. The molecule has 0 rings (SSSR count). The predicted octanol–water partition coefficient (Wildman–Crippen LogP) is 3.32. The van der Waals surface area contributed by atoms with Crippen LogP contribution in [-0.4, -0.2) is 11.2 Å². The van der Waals surface area contributed by atoms with Crippen molar-refractivity contribution in [3.63, 3.8) is 0 Å². The van der Waals surface area contributed by atoms with Gasteiger partial charge in [0.2, 0.25) is 0 Å². The molecule has 0 spiro atoms. The van der Waals surface area contributed by atoms with Crippen molar-refractivity contribution in [1.82, 2.24) is 0 Å². The van der Waals surface area contributed by atoms with E-state index < -0.39 is 0 Å². The van der Waals surface area contributed by atoms with Gasteiger partial charge in [-0.2, -0.15) is 0 Å². The Labute approximate surface area is 83.5 Å². The molecule has 0 heterocycles. The fourth-order valence-corrected chi connectivity index (χ4v) is 1.68. The van der Waals surface area contributed by atoms with Gasteiger partial charge in [-0.25, -0.2) is 0 Å². The van der Waals surface area contributed by atoms with Crippen molar-refractivity contribution >= 4 is 0 Å². The maximum atomic E-state index is 9.51. The summed E-state index contributed by atoms with van der Waals surface area (Å²) in [5, 5.41) is 9.51. The van der Waals surface area contributed by atoms with E-state index in [0.29, 0.717) is 23.2 Å². The van der Waals surface area contributed by atoms with Gasteiger partial charge in [0.15, 0.2) is 0 Å². The first-order valence-electron chi connectivity index (χ1n) is 5.36. The van der Waals surface area contributed by atoms with Crippen LogP contribution in [0.2, 0.25) is 0 Å². The van der Waals surface area contributed by atoms with Gasteiger partial charge in [-0.1, -0.05) is 41.5 Å². The van der Waals surface area contributed by atoms with Gasteiger partial charge < -0.3 is 5.11 Å². The Morgan fingerprint density at radius 3 is 1.46 bits per heavy atom. The highest BCUT2D eigenvalue weighted by molar-refractivity contribution is 4.79. The average Bonchev–Trinajstić information content (AvgIpc) is 1.98. The Balaban J connectivity index is 4.34. The van der Waals surface area contributed by atoms with Crippen molar-refractivity contribution in [3.8, 4) is 0 Å². The third kappa shape index (κ3) is 3.68. The zero-order valence-corrected chi connectivity index (χ0v) is 10.3. The van der Waals surface area contributed by atoms with Gasteiger partial charge in [0.05, 0.1) is 6.10 Å². The second-order valence-corrected chi connectivity index (χ2v) is 5.61. The van der Waals surface area contributed by atoms with Crippen LogP contribution in [0.4, 0.5) is 0 Å². The lowest BCUT2D eigenvalue weighted by Crippen LogP contribution is -2.32. The van der Waals surface area contributed by atoms with Gasteiger partial charge in [0.1, 0.15) is 0 Å². The maximum absolute atomic E-state index is 9.51. The lowest BCUT2D eigenvalue weighted by molar-refractivity contribution is 0.0554. The second kappa shape index (κ2) is 4.45. The molecule has 0 amide bonds. The van der Waals surface area contributed by atoms with Crippen LogP contribution in [0, 0.1) is 23.2 Å². The summed E-state index contributed by atoms with van der Waals surface area (Å²) in [6.07, 6.45) is -0.195. The number of rotatable bonds is 3. The third-order valence-electron chi connectivity index (χ3n) is 3.74. The SMILES string of the molecule is C[C@H]([C@@H](C)[C@@H](C)C(C)(C)C)[C@H](C)O. The van der Waals surface area contributed by atoms with E-state index in [1.54, 1.807) is 0 Å². The predicted molar refractivity (Wildman–Crippen MR) is 58.6 cm³/mol. The summed E-state index contributed by atoms with van der Waals surface area (Å²) >= 11 is 0. The third-order valence-corrected chi connectivity index (χ3v) is 3.74. The molecule has 13 heavy (non-hydrogen) atoms. The molecule has 1 heteroatoms. The van der Waals surface area contributed by atoms with Crippen LogP contribution < -0.4 is 0 Å². The minimum atomic E-state index is -0.195. The van der Waals surface area contributed by atoms with Crippen molar-refractivity contribution in [2.24, 2.45) is 23.2 Å². The van der Waals surface area contributed by atoms with Crippen molar-refractivity contribution in [2.45, 2.75) is 54.6 Å². The van der Waals surface area contributed by atoms with Crippen LogP contribution in [0.25, 0.3) is 0 Å². The molecule has 0 aliphatic heterocycles. The number of aliphatic hydroxyl groups excluding tert-OH is 1. The highest BCUT2D eigenvalue weighted by Gasteiger charge is 2.30. The standard InChI is InChI=1S/C12H26O/c1-8(9(2)11(4)13)10(3)12(5,6)7/h8-11,13H,1-7H3/t8-,9-,10-,11+/m1/s1. The molecule has 0 aromatic heterocycles. The molecule has 0 radical (unpaired) electrons. The molecule has 0 aliphatic carbocycles. The zero-order valence-electron chi connectivity index (χ0n) is 10.3.